The Kier molecular flexibility index (Phi) is 4.74. The predicted octanol–water partition coefficient (Wildman–Crippen LogP) is 2.22. The molecule has 25 heavy (non-hydrogen) atoms. The van der Waals surface area contributed by atoms with Gasteiger partial charge in [0.15, 0.2) is 0 Å². The molecule has 3 aromatic rings. The van der Waals surface area contributed by atoms with E-state index in [-0.39, 0.29) is 5.91 Å². The van der Waals surface area contributed by atoms with Gasteiger partial charge in [-0.2, -0.15) is 5.10 Å². The highest BCUT2D eigenvalue weighted by Crippen LogP contribution is 2.17. The van der Waals surface area contributed by atoms with Crippen LogP contribution in [0.5, 0.6) is 5.88 Å². The minimum Gasteiger partial charge on any atom is -0.481 e. The Morgan fingerprint density at radius 3 is 2.76 bits per heavy atom. The van der Waals surface area contributed by atoms with Crippen LogP contribution in [-0.4, -0.2) is 32.8 Å². The lowest BCUT2D eigenvalue weighted by Crippen LogP contribution is -2.23. The average Bonchev–Trinajstić information content (AvgIpc) is 3.14. The van der Waals surface area contributed by atoms with E-state index < -0.39 is 0 Å². The van der Waals surface area contributed by atoms with Gasteiger partial charge in [0.1, 0.15) is 12.7 Å². The van der Waals surface area contributed by atoms with Crippen LogP contribution in [0, 0.1) is 13.8 Å². The van der Waals surface area contributed by atoms with Crippen molar-refractivity contribution in [1.82, 2.24) is 25.1 Å². The Morgan fingerprint density at radius 1 is 1.24 bits per heavy atom. The van der Waals surface area contributed by atoms with Crippen LogP contribution < -0.4 is 10.1 Å². The van der Waals surface area contributed by atoms with Gasteiger partial charge in [0.25, 0.3) is 5.91 Å². The number of hydrogen-bond acceptors (Lipinski definition) is 5. The van der Waals surface area contributed by atoms with Gasteiger partial charge < -0.3 is 10.1 Å². The zero-order chi connectivity index (χ0) is 17.8. The van der Waals surface area contributed by atoms with Crippen molar-refractivity contribution < 1.29 is 9.53 Å². The van der Waals surface area contributed by atoms with Gasteiger partial charge >= 0.3 is 0 Å². The van der Waals surface area contributed by atoms with Crippen LogP contribution in [0.25, 0.3) is 5.69 Å². The minimum absolute atomic E-state index is 0.157. The molecule has 0 spiro atoms. The molecule has 7 nitrogen and oxygen atoms in total. The maximum atomic E-state index is 12.4. The standard InChI is InChI=1S/C18H19N5O2/c1-12-8-14(6-7-16(12)23-11-19-10-21-23)17(24)20-9-15-5-4-13(2)22-18(15)25-3/h4-8,10-11H,9H2,1-3H3,(H,20,24). The van der Waals surface area contributed by atoms with E-state index in [0.29, 0.717) is 18.0 Å². The van der Waals surface area contributed by atoms with Crippen molar-refractivity contribution >= 4 is 5.91 Å². The van der Waals surface area contributed by atoms with Gasteiger partial charge in [-0.1, -0.05) is 6.07 Å². The number of carbonyl (C=O) groups is 1. The van der Waals surface area contributed by atoms with Crippen molar-refractivity contribution in [3.05, 3.63) is 65.4 Å². The van der Waals surface area contributed by atoms with E-state index in [1.807, 2.05) is 38.1 Å². The first-order valence-electron chi connectivity index (χ1n) is 7.83. The lowest BCUT2D eigenvalue weighted by atomic mass is 10.1. The molecule has 1 N–H and O–H groups in total. The summed E-state index contributed by atoms with van der Waals surface area (Å²) in [5.41, 5.74) is 4.11. The van der Waals surface area contributed by atoms with Crippen LogP contribution in [0.3, 0.4) is 0 Å². The molecule has 1 aromatic carbocycles. The number of nitrogens with zero attached hydrogens (tertiary/aromatic N) is 4. The molecule has 128 valence electrons. The molecule has 0 radical (unpaired) electrons. The Morgan fingerprint density at radius 2 is 2.08 bits per heavy atom. The highest BCUT2D eigenvalue weighted by Gasteiger charge is 2.11. The molecule has 7 heteroatoms. The molecule has 0 aliphatic heterocycles. The van der Waals surface area contributed by atoms with Crippen LogP contribution in [0.15, 0.2) is 43.0 Å². The number of carbonyl (C=O) groups excluding carboxylic acids is 1. The summed E-state index contributed by atoms with van der Waals surface area (Å²) in [6.07, 6.45) is 3.10. The second-order valence-electron chi connectivity index (χ2n) is 5.65. The summed E-state index contributed by atoms with van der Waals surface area (Å²) in [4.78, 5) is 20.7. The number of aryl methyl sites for hydroxylation is 2. The van der Waals surface area contributed by atoms with Crippen molar-refractivity contribution in [3.8, 4) is 11.6 Å². The van der Waals surface area contributed by atoms with E-state index in [1.54, 1.807) is 24.2 Å². The number of amides is 1. The number of benzene rings is 1. The summed E-state index contributed by atoms with van der Waals surface area (Å²) in [6, 6.07) is 9.25. The minimum atomic E-state index is -0.157. The molecule has 0 aliphatic rings. The molecule has 0 bridgehead atoms. The summed E-state index contributed by atoms with van der Waals surface area (Å²) in [6.45, 7) is 4.17. The Labute approximate surface area is 145 Å². The third-order valence-electron chi connectivity index (χ3n) is 3.84. The fourth-order valence-corrected chi connectivity index (χ4v) is 2.54. The number of pyridine rings is 1. The second-order valence-corrected chi connectivity index (χ2v) is 5.65. The molecule has 0 atom stereocenters. The highest BCUT2D eigenvalue weighted by molar-refractivity contribution is 5.94. The number of aromatic nitrogens is 4. The van der Waals surface area contributed by atoms with Gasteiger partial charge in [0.05, 0.1) is 12.8 Å². The molecule has 0 unspecified atom stereocenters. The first-order chi connectivity index (χ1) is 12.1. The molecule has 0 saturated carbocycles. The highest BCUT2D eigenvalue weighted by atomic mass is 16.5. The summed E-state index contributed by atoms with van der Waals surface area (Å²) < 4.78 is 6.93. The Bertz CT molecular complexity index is 890. The van der Waals surface area contributed by atoms with Crippen LogP contribution >= 0.6 is 0 Å². The zero-order valence-electron chi connectivity index (χ0n) is 14.4. The number of nitrogens with one attached hydrogen (secondary N) is 1. The third-order valence-corrected chi connectivity index (χ3v) is 3.84. The van der Waals surface area contributed by atoms with Crippen molar-refractivity contribution in [3.63, 3.8) is 0 Å². The molecule has 0 saturated heterocycles. The van der Waals surface area contributed by atoms with Gasteiger partial charge in [-0.25, -0.2) is 14.6 Å². The van der Waals surface area contributed by atoms with E-state index >= 15 is 0 Å². The number of rotatable bonds is 5. The summed E-state index contributed by atoms with van der Waals surface area (Å²) in [7, 11) is 1.57. The van der Waals surface area contributed by atoms with Crippen LogP contribution in [0.2, 0.25) is 0 Å². The largest absolute Gasteiger partial charge is 0.481 e. The van der Waals surface area contributed by atoms with Crippen molar-refractivity contribution in [2.24, 2.45) is 0 Å². The van der Waals surface area contributed by atoms with Gasteiger partial charge in [0, 0.05) is 23.4 Å². The normalized spacial score (nSPS) is 10.5. The monoisotopic (exact) mass is 337 g/mol. The van der Waals surface area contributed by atoms with Crippen molar-refractivity contribution in [1.29, 1.82) is 0 Å². The first-order valence-corrected chi connectivity index (χ1v) is 7.83. The molecule has 2 heterocycles. The van der Waals surface area contributed by atoms with Gasteiger partial charge in [-0.05, 0) is 43.7 Å². The van der Waals surface area contributed by atoms with E-state index in [4.69, 9.17) is 4.74 Å². The van der Waals surface area contributed by atoms with E-state index in [1.165, 1.54) is 6.33 Å². The molecule has 0 aliphatic carbocycles. The van der Waals surface area contributed by atoms with Crippen LogP contribution in [-0.2, 0) is 6.54 Å². The molecule has 0 fully saturated rings. The van der Waals surface area contributed by atoms with Gasteiger partial charge in [-0.3, -0.25) is 4.79 Å². The Balaban J connectivity index is 1.73. The van der Waals surface area contributed by atoms with E-state index in [2.05, 4.69) is 20.4 Å². The zero-order valence-corrected chi connectivity index (χ0v) is 14.4. The summed E-state index contributed by atoms with van der Waals surface area (Å²) in [5.74, 6) is 0.369. The number of hydrogen-bond donors (Lipinski definition) is 1. The quantitative estimate of drug-likeness (QED) is 0.772. The van der Waals surface area contributed by atoms with E-state index in [0.717, 1.165) is 22.5 Å². The first kappa shape index (κ1) is 16.6. The maximum absolute atomic E-state index is 12.4. The SMILES string of the molecule is COc1nc(C)ccc1CNC(=O)c1ccc(-n2cncn2)c(C)c1. The second kappa shape index (κ2) is 7.12. The van der Waals surface area contributed by atoms with Crippen LogP contribution in [0.1, 0.15) is 27.2 Å². The van der Waals surface area contributed by atoms with Gasteiger partial charge in [0.2, 0.25) is 5.88 Å². The lowest BCUT2D eigenvalue weighted by molar-refractivity contribution is 0.0950. The van der Waals surface area contributed by atoms with E-state index in [9.17, 15) is 4.79 Å². The number of ether oxygens (including phenoxy) is 1. The Hall–Kier alpha value is -3.22. The topological polar surface area (TPSA) is 81.9 Å². The van der Waals surface area contributed by atoms with Gasteiger partial charge in [-0.15, -0.1) is 0 Å². The fraction of sp³-hybridized carbons (Fsp3) is 0.222. The molecule has 3 rings (SSSR count). The molecular formula is C18H19N5O2. The van der Waals surface area contributed by atoms with Crippen molar-refractivity contribution in [2.75, 3.05) is 7.11 Å². The van der Waals surface area contributed by atoms with Crippen LogP contribution in [0.4, 0.5) is 0 Å². The molecule has 2 aromatic heterocycles. The average molecular weight is 337 g/mol. The summed E-state index contributed by atoms with van der Waals surface area (Å²) in [5, 5.41) is 7.01. The third kappa shape index (κ3) is 3.65. The smallest absolute Gasteiger partial charge is 0.251 e. The number of methoxy groups -OCH3 is 1. The molecule has 1 amide bonds. The summed E-state index contributed by atoms with van der Waals surface area (Å²) >= 11 is 0. The maximum Gasteiger partial charge on any atom is 0.251 e. The predicted molar refractivity (Wildman–Crippen MR) is 92.8 cm³/mol. The fourth-order valence-electron chi connectivity index (χ4n) is 2.54. The lowest BCUT2D eigenvalue weighted by Gasteiger charge is -2.11. The molecular weight excluding hydrogens is 318 g/mol. The van der Waals surface area contributed by atoms with Crippen molar-refractivity contribution in [2.45, 2.75) is 20.4 Å².